The minimum Gasteiger partial charge on any atom is -0.361 e. The molecule has 4 rings (SSSR count). The molecule has 0 saturated carbocycles. The van der Waals surface area contributed by atoms with Gasteiger partial charge in [-0.15, -0.1) is 0 Å². The molecule has 0 unspecified atom stereocenters. The molecule has 0 bridgehead atoms. The van der Waals surface area contributed by atoms with Crippen LogP contribution in [0.4, 0.5) is 0 Å². The quantitative estimate of drug-likeness (QED) is 0.731. The number of carbonyl (C=O) groups excluding carboxylic acids is 1. The van der Waals surface area contributed by atoms with Crippen LogP contribution >= 0.6 is 0 Å². The molecule has 2 N–H and O–H groups in total. The number of H-pyrrole nitrogens is 1. The van der Waals surface area contributed by atoms with Crippen molar-refractivity contribution in [3.05, 3.63) is 59.4 Å². The van der Waals surface area contributed by atoms with Crippen molar-refractivity contribution < 1.29 is 7.65 Å². The van der Waals surface area contributed by atoms with E-state index in [0.29, 0.717) is 5.92 Å². The van der Waals surface area contributed by atoms with E-state index in [9.17, 15) is 4.79 Å². The van der Waals surface area contributed by atoms with E-state index in [2.05, 4.69) is 41.4 Å². The number of fused-ring (bicyclic) bond motifs is 1. The monoisotopic (exact) mass is 396 g/mol. The van der Waals surface area contributed by atoms with E-state index in [1.165, 1.54) is 11.1 Å². The fourth-order valence-electron chi connectivity index (χ4n) is 4.13. The van der Waals surface area contributed by atoms with Crippen LogP contribution in [0.25, 0.3) is 10.9 Å². The Hall–Kier alpha value is -2.82. The fourth-order valence-corrected chi connectivity index (χ4v) is 4.13. The zero-order valence-corrected chi connectivity index (χ0v) is 18.0. The van der Waals surface area contributed by atoms with Gasteiger partial charge in [0.2, 0.25) is 0 Å². The second-order valence-electron chi connectivity index (χ2n) is 7.12. The Morgan fingerprint density at radius 2 is 2.03 bits per heavy atom. The first-order valence-corrected chi connectivity index (χ1v) is 10.8. The Morgan fingerprint density at radius 3 is 2.72 bits per heavy atom. The maximum atomic E-state index is 12.9. The summed E-state index contributed by atoms with van der Waals surface area (Å²) >= 11 is 0. The molecule has 0 atom stereocenters. The van der Waals surface area contributed by atoms with Crippen molar-refractivity contribution in [3.63, 3.8) is 0 Å². The minimum atomic E-state index is 0. The average molecular weight is 397 g/mol. The molecule has 1 fully saturated rings. The van der Waals surface area contributed by atoms with Gasteiger partial charge in [0.15, 0.2) is 0 Å². The van der Waals surface area contributed by atoms with Crippen LogP contribution in [0.5, 0.6) is 0 Å². The molecular weight excluding hydrogens is 360 g/mol. The van der Waals surface area contributed by atoms with E-state index in [-0.39, 0.29) is 8.76 Å². The van der Waals surface area contributed by atoms with Crippen molar-refractivity contribution >= 4 is 22.6 Å². The largest absolute Gasteiger partial charge is 0.361 e. The molecule has 29 heavy (non-hydrogen) atoms. The Morgan fingerprint density at radius 1 is 1.28 bits per heavy atom. The number of nitrogens with zero attached hydrogens (tertiary/aromatic N) is 2. The van der Waals surface area contributed by atoms with Crippen LogP contribution in [-0.4, -0.2) is 41.3 Å². The summed E-state index contributed by atoms with van der Waals surface area (Å²) in [7, 11) is 0. The number of hydrogen-bond donors (Lipinski definition) is 2. The number of rotatable bonds is 3. The first kappa shape index (κ1) is 20.9. The molecular formula is C24H36N4O. The van der Waals surface area contributed by atoms with E-state index in [1.54, 1.807) is 0 Å². The molecule has 3 heterocycles. The van der Waals surface area contributed by atoms with Gasteiger partial charge in [-0.25, -0.2) is 0 Å². The Balaban J connectivity index is 0.00000117. The molecule has 1 saturated heterocycles. The topological polar surface area (TPSA) is 60.5 Å². The zero-order valence-electron chi connectivity index (χ0n) is 18.0. The van der Waals surface area contributed by atoms with Crippen LogP contribution in [0.3, 0.4) is 0 Å². The first-order chi connectivity index (χ1) is 14.2. The van der Waals surface area contributed by atoms with Gasteiger partial charge in [0.05, 0.1) is 0 Å². The number of aromatic nitrogens is 1. The highest BCUT2D eigenvalue weighted by Crippen LogP contribution is 2.32. The van der Waals surface area contributed by atoms with Crippen molar-refractivity contribution in [3.8, 4) is 0 Å². The highest BCUT2D eigenvalue weighted by molar-refractivity contribution is 6.05. The van der Waals surface area contributed by atoms with Crippen LogP contribution < -0.4 is 5.32 Å². The minimum absolute atomic E-state index is 0. The Kier molecular flexibility index (Phi) is 6.91. The van der Waals surface area contributed by atoms with Crippen molar-refractivity contribution in [1.82, 2.24) is 15.2 Å². The highest BCUT2D eigenvalue weighted by atomic mass is 16.2. The fraction of sp³-hybridized carbons (Fsp3) is 0.417. The van der Waals surface area contributed by atoms with Gasteiger partial charge in [0, 0.05) is 51.5 Å². The van der Waals surface area contributed by atoms with Crippen LogP contribution in [0.15, 0.2) is 58.9 Å². The predicted octanol–water partition coefficient (Wildman–Crippen LogP) is 5.39. The van der Waals surface area contributed by atoms with E-state index < -0.39 is 0 Å². The molecule has 0 spiro atoms. The number of nitrogens with one attached hydrogen (secondary N) is 2. The summed E-state index contributed by atoms with van der Waals surface area (Å²) < 4.78 is 0. The van der Waals surface area contributed by atoms with Gasteiger partial charge in [-0.05, 0) is 61.8 Å². The van der Waals surface area contributed by atoms with Crippen molar-refractivity contribution in [2.75, 3.05) is 19.6 Å². The molecule has 0 aliphatic carbocycles. The third-order valence-corrected chi connectivity index (χ3v) is 5.56. The lowest BCUT2D eigenvalue weighted by molar-refractivity contribution is 0.0703. The molecule has 0 radical (unpaired) electrons. The van der Waals surface area contributed by atoms with Crippen LogP contribution in [0.2, 0.25) is 0 Å². The number of amidine groups is 1. The predicted molar refractivity (Wildman–Crippen MR) is 125 cm³/mol. The SMILES string of the molecule is C/C=C1/C(C2CCN(C(=O)c3ccc4cc[nH]c4c3)CC2)=CNC1=NCC.CC.[HH].[HH]. The van der Waals surface area contributed by atoms with Crippen LogP contribution in [-0.2, 0) is 0 Å². The number of likely N-dealkylation sites (tertiary alicyclic amines) is 1. The summed E-state index contributed by atoms with van der Waals surface area (Å²) in [6, 6.07) is 7.92. The Labute approximate surface area is 176 Å². The van der Waals surface area contributed by atoms with Gasteiger partial charge < -0.3 is 15.2 Å². The third kappa shape index (κ3) is 4.29. The van der Waals surface area contributed by atoms with Gasteiger partial charge in [0.25, 0.3) is 5.91 Å². The van der Waals surface area contributed by atoms with Gasteiger partial charge >= 0.3 is 0 Å². The summed E-state index contributed by atoms with van der Waals surface area (Å²) in [5.41, 5.74) is 4.33. The normalized spacial score (nSPS) is 19.9. The number of benzene rings is 1. The number of allylic oxidation sites excluding steroid dienone is 1. The van der Waals surface area contributed by atoms with Crippen LogP contribution in [0.1, 0.15) is 53.7 Å². The number of amides is 1. The van der Waals surface area contributed by atoms with E-state index in [1.807, 2.05) is 49.2 Å². The van der Waals surface area contributed by atoms with E-state index in [4.69, 9.17) is 0 Å². The maximum Gasteiger partial charge on any atom is 0.253 e. The van der Waals surface area contributed by atoms with Gasteiger partial charge in [0.1, 0.15) is 5.84 Å². The molecule has 2 aliphatic heterocycles. The summed E-state index contributed by atoms with van der Waals surface area (Å²) in [5.74, 6) is 1.58. The lowest BCUT2D eigenvalue weighted by Crippen LogP contribution is -2.39. The molecule has 158 valence electrons. The molecule has 2 aliphatic rings. The second-order valence-corrected chi connectivity index (χ2v) is 7.12. The zero-order chi connectivity index (χ0) is 20.8. The number of aromatic amines is 1. The molecule has 2 aromatic rings. The van der Waals surface area contributed by atoms with E-state index in [0.717, 1.165) is 54.8 Å². The summed E-state index contributed by atoms with van der Waals surface area (Å²) in [6.07, 6.45) is 8.12. The average Bonchev–Trinajstić information content (AvgIpc) is 3.41. The van der Waals surface area contributed by atoms with Crippen molar-refractivity contribution in [2.45, 2.75) is 40.5 Å². The summed E-state index contributed by atoms with van der Waals surface area (Å²) in [6.45, 7) is 10.5. The van der Waals surface area contributed by atoms with Crippen LogP contribution in [0, 0.1) is 5.92 Å². The summed E-state index contributed by atoms with van der Waals surface area (Å²) in [4.78, 5) is 22.6. The molecule has 1 aromatic heterocycles. The van der Waals surface area contributed by atoms with Gasteiger partial charge in [-0.2, -0.15) is 0 Å². The molecule has 5 heteroatoms. The standard InChI is InChI=1S/C22H26N4O.C2H6.2H2/c1-3-18-19(14-25-21(18)23-4-2)15-8-11-26(12-9-15)22(27)17-6-5-16-7-10-24-20(16)13-17;1-2;;/h3,5-7,10,13-15,24H,4,8-9,11-12H2,1-2H3,(H,23,25);1-2H3;2*1H/b18-3-;;;. The number of hydrogen-bond acceptors (Lipinski definition) is 2. The van der Waals surface area contributed by atoms with Gasteiger partial charge in [-0.3, -0.25) is 9.79 Å². The van der Waals surface area contributed by atoms with Crippen molar-refractivity contribution in [2.24, 2.45) is 10.9 Å². The first-order valence-electron chi connectivity index (χ1n) is 10.8. The maximum absolute atomic E-state index is 12.9. The molecule has 1 amide bonds. The van der Waals surface area contributed by atoms with Crippen molar-refractivity contribution in [1.29, 1.82) is 0 Å². The number of carbonyl (C=O) groups is 1. The second kappa shape index (κ2) is 9.59. The third-order valence-electron chi connectivity index (χ3n) is 5.56. The number of aliphatic imine (C=N–C) groups is 1. The van der Waals surface area contributed by atoms with E-state index >= 15 is 0 Å². The highest BCUT2D eigenvalue weighted by Gasteiger charge is 2.30. The summed E-state index contributed by atoms with van der Waals surface area (Å²) in [5, 5.41) is 4.45. The Bertz CT molecular complexity index is 953. The van der Waals surface area contributed by atoms with Gasteiger partial charge in [-0.1, -0.05) is 26.0 Å². The number of piperidine rings is 1. The smallest absolute Gasteiger partial charge is 0.253 e. The lowest BCUT2D eigenvalue weighted by atomic mass is 9.86. The molecule has 5 nitrogen and oxygen atoms in total. The molecule has 1 aromatic carbocycles. The lowest BCUT2D eigenvalue weighted by Gasteiger charge is -2.33.